The van der Waals surface area contributed by atoms with E-state index in [1.54, 1.807) is 0 Å². The second kappa shape index (κ2) is 6.43. The fraction of sp³-hybridized carbons (Fsp3) is 0.571. The highest BCUT2D eigenvalue weighted by atomic mass is 32.2. The van der Waals surface area contributed by atoms with Crippen LogP contribution in [-0.2, 0) is 6.42 Å². The van der Waals surface area contributed by atoms with Crippen LogP contribution < -0.4 is 5.73 Å². The molecule has 0 aliphatic carbocycles. The van der Waals surface area contributed by atoms with Crippen molar-refractivity contribution in [2.24, 2.45) is 5.73 Å². The molecule has 1 fully saturated rings. The summed E-state index contributed by atoms with van der Waals surface area (Å²) >= 11 is 2.04. The molecule has 17 heavy (non-hydrogen) atoms. The Morgan fingerprint density at radius 2 is 2.18 bits per heavy atom. The number of aryl methyl sites for hydroxylation is 1. The number of hydrogen-bond acceptors (Lipinski definition) is 3. The smallest absolute Gasteiger partial charge is 0.0335 e. The van der Waals surface area contributed by atoms with Crippen molar-refractivity contribution in [1.82, 2.24) is 4.90 Å². The lowest BCUT2D eigenvalue weighted by molar-refractivity contribution is 0.230. The minimum Gasteiger partial charge on any atom is -0.326 e. The van der Waals surface area contributed by atoms with E-state index >= 15 is 0 Å². The third kappa shape index (κ3) is 3.73. The number of nitrogens with zero attached hydrogens (tertiary/aromatic N) is 1. The van der Waals surface area contributed by atoms with Crippen LogP contribution in [0.4, 0.5) is 0 Å². The van der Waals surface area contributed by atoms with Gasteiger partial charge in [0, 0.05) is 30.1 Å². The van der Waals surface area contributed by atoms with Crippen LogP contribution in [0.5, 0.6) is 0 Å². The predicted octanol–water partition coefficient (Wildman–Crippen LogP) is 1.99. The van der Waals surface area contributed by atoms with Crippen LogP contribution in [0.1, 0.15) is 12.0 Å². The molecule has 0 amide bonds. The molecule has 1 aliphatic rings. The van der Waals surface area contributed by atoms with E-state index in [0.717, 1.165) is 12.8 Å². The van der Waals surface area contributed by atoms with Gasteiger partial charge in [0.15, 0.2) is 0 Å². The minimum absolute atomic E-state index is 0.299. The van der Waals surface area contributed by atoms with E-state index in [0.29, 0.717) is 12.1 Å². The van der Waals surface area contributed by atoms with Crippen LogP contribution in [0, 0.1) is 0 Å². The van der Waals surface area contributed by atoms with Gasteiger partial charge in [-0.25, -0.2) is 0 Å². The fourth-order valence-corrected chi connectivity index (χ4v) is 3.65. The van der Waals surface area contributed by atoms with E-state index in [1.165, 1.54) is 23.6 Å². The van der Waals surface area contributed by atoms with E-state index in [2.05, 4.69) is 42.3 Å². The summed E-state index contributed by atoms with van der Waals surface area (Å²) in [4.78, 5) is 2.42. The molecule has 3 heteroatoms. The molecule has 1 saturated heterocycles. The highest BCUT2D eigenvalue weighted by Gasteiger charge is 2.24. The number of hydrogen-bond donors (Lipinski definition) is 1. The highest BCUT2D eigenvalue weighted by molar-refractivity contribution is 7.99. The molecular formula is C14H22N2S. The van der Waals surface area contributed by atoms with E-state index in [-0.39, 0.29) is 0 Å². The van der Waals surface area contributed by atoms with Crippen LogP contribution in [-0.4, -0.2) is 42.1 Å². The first-order valence-corrected chi connectivity index (χ1v) is 7.50. The lowest BCUT2D eigenvalue weighted by atomic mass is 10.0. The van der Waals surface area contributed by atoms with Gasteiger partial charge in [-0.2, -0.15) is 11.8 Å². The molecular weight excluding hydrogens is 228 g/mol. The van der Waals surface area contributed by atoms with Crippen molar-refractivity contribution in [2.45, 2.75) is 24.9 Å². The SMILES string of the molecule is CN1CCSCC1C(N)CCc1ccccc1. The zero-order valence-corrected chi connectivity index (χ0v) is 11.3. The van der Waals surface area contributed by atoms with Crippen molar-refractivity contribution in [3.63, 3.8) is 0 Å². The Hall–Kier alpha value is -0.510. The van der Waals surface area contributed by atoms with Gasteiger partial charge < -0.3 is 10.6 Å². The fourth-order valence-electron chi connectivity index (χ4n) is 2.33. The molecule has 1 aromatic carbocycles. The Labute approximate surface area is 109 Å². The van der Waals surface area contributed by atoms with Crippen molar-refractivity contribution in [3.8, 4) is 0 Å². The largest absolute Gasteiger partial charge is 0.326 e. The Bertz CT molecular complexity index is 328. The van der Waals surface area contributed by atoms with Gasteiger partial charge in [0.25, 0.3) is 0 Å². The van der Waals surface area contributed by atoms with Crippen LogP contribution in [0.2, 0.25) is 0 Å². The first-order chi connectivity index (χ1) is 8.27. The molecule has 1 aromatic rings. The molecule has 0 radical (unpaired) electrons. The summed E-state index contributed by atoms with van der Waals surface area (Å²) in [6.45, 7) is 1.17. The quantitative estimate of drug-likeness (QED) is 0.886. The molecule has 1 heterocycles. The minimum atomic E-state index is 0.299. The molecule has 2 atom stereocenters. The van der Waals surface area contributed by atoms with Crippen molar-refractivity contribution < 1.29 is 0 Å². The maximum absolute atomic E-state index is 6.33. The second-order valence-corrected chi connectivity index (χ2v) is 5.96. The van der Waals surface area contributed by atoms with Gasteiger partial charge in [-0.3, -0.25) is 0 Å². The Morgan fingerprint density at radius 3 is 2.88 bits per heavy atom. The van der Waals surface area contributed by atoms with Gasteiger partial charge >= 0.3 is 0 Å². The van der Waals surface area contributed by atoms with Crippen LogP contribution in [0.15, 0.2) is 30.3 Å². The first-order valence-electron chi connectivity index (χ1n) is 6.35. The van der Waals surface area contributed by atoms with Gasteiger partial charge in [-0.05, 0) is 25.5 Å². The number of rotatable bonds is 4. The molecule has 94 valence electrons. The van der Waals surface area contributed by atoms with E-state index in [1.807, 2.05) is 11.8 Å². The Morgan fingerprint density at radius 1 is 1.41 bits per heavy atom. The zero-order chi connectivity index (χ0) is 12.1. The molecule has 2 nitrogen and oxygen atoms in total. The molecule has 0 bridgehead atoms. The summed E-state index contributed by atoms with van der Waals surface area (Å²) in [5, 5.41) is 0. The van der Waals surface area contributed by atoms with Crippen molar-refractivity contribution >= 4 is 11.8 Å². The van der Waals surface area contributed by atoms with Crippen LogP contribution in [0.3, 0.4) is 0 Å². The number of nitrogens with two attached hydrogens (primary N) is 1. The predicted molar refractivity (Wildman–Crippen MR) is 76.5 cm³/mol. The molecule has 0 spiro atoms. The summed E-state index contributed by atoms with van der Waals surface area (Å²) in [5.74, 6) is 2.44. The molecule has 2 N–H and O–H groups in total. The molecule has 0 aromatic heterocycles. The van der Waals surface area contributed by atoms with Gasteiger partial charge in [0.05, 0.1) is 0 Å². The summed E-state index contributed by atoms with van der Waals surface area (Å²) < 4.78 is 0. The molecule has 2 unspecified atom stereocenters. The van der Waals surface area contributed by atoms with E-state index in [9.17, 15) is 0 Å². The molecule has 0 saturated carbocycles. The van der Waals surface area contributed by atoms with Crippen molar-refractivity contribution in [3.05, 3.63) is 35.9 Å². The van der Waals surface area contributed by atoms with Crippen molar-refractivity contribution in [1.29, 1.82) is 0 Å². The average Bonchev–Trinajstić information content (AvgIpc) is 2.38. The summed E-state index contributed by atoms with van der Waals surface area (Å²) in [7, 11) is 2.20. The molecule has 1 aliphatic heterocycles. The van der Waals surface area contributed by atoms with E-state index < -0.39 is 0 Å². The standard InChI is InChI=1S/C14H22N2S/c1-16-9-10-17-11-14(16)13(15)8-7-12-5-3-2-4-6-12/h2-6,13-14H,7-11,15H2,1H3. The van der Waals surface area contributed by atoms with Gasteiger partial charge in [0.2, 0.25) is 0 Å². The maximum atomic E-state index is 6.33. The summed E-state index contributed by atoms with van der Waals surface area (Å²) in [5.41, 5.74) is 7.73. The van der Waals surface area contributed by atoms with Gasteiger partial charge in [0.1, 0.15) is 0 Å². The summed E-state index contributed by atoms with van der Waals surface area (Å²) in [6.07, 6.45) is 2.18. The number of likely N-dealkylation sites (N-methyl/N-ethyl adjacent to an activating group) is 1. The Kier molecular flexibility index (Phi) is 4.89. The first kappa shape index (κ1) is 12.9. The average molecular weight is 250 g/mol. The maximum Gasteiger partial charge on any atom is 0.0335 e. The summed E-state index contributed by atoms with van der Waals surface area (Å²) in [6, 6.07) is 11.5. The normalized spacial score (nSPS) is 23.5. The lowest BCUT2D eigenvalue weighted by Crippen LogP contribution is -2.50. The number of thioether (sulfide) groups is 1. The van der Waals surface area contributed by atoms with Gasteiger partial charge in [-0.1, -0.05) is 30.3 Å². The monoisotopic (exact) mass is 250 g/mol. The zero-order valence-electron chi connectivity index (χ0n) is 10.5. The van der Waals surface area contributed by atoms with Crippen molar-refractivity contribution in [2.75, 3.05) is 25.1 Å². The van der Waals surface area contributed by atoms with Crippen LogP contribution in [0.25, 0.3) is 0 Å². The second-order valence-electron chi connectivity index (χ2n) is 4.81. The van der Waals surface area contributed by atoms with Crippen LogP contribution >= 0.6 is 11.8 Å². The topological polar surface area (TPSA) is 29.3 Å². The molecule has 2 rings (SSSR count). The van der Waals surface area contributed by atoms with E-state index in [4.69, 9.17) is 5.73 Å². The third-order valence-electron chi connectivity index (χ3n) is 3.55. The third-order valence-corrected chi connectivity index (χ3v) is 4.59. The lowest BCUT2D eigenvalue weighted by Gasteiger charge is -2.36. The Balaban J connectivity index is 1.82. The van der Waals surface area contributed by atoms with Gasteiger partial charge in [-0.15, -0.1) is 0 Å². The highest BCUT2D eigenvalue weighted by Crippen LogP contribution is 2.18. The number of benzene rings is 1.